The van der Waals surface area contributed by atoms with Crippen molar-refractivity contribution in [1.29, 1.82) is 0 Å². The van der Waals surface area contributed by atoms with Crippen molar-refractivity contribution in [3.63, 3.8) is 0 Å². The molecule has 2 N–H and O–H groups in total. The smallest absolute Gasteiger partial charge is 0.123 e. The van der Waals surface area contributed by atoms with Gasteiger partial charge in [-0.25, -0.2) is 0 Å². The molecule has 1 saturated carbocycles. The van der Waals surface area contributed by atoms with Crippen molar-refractivity contribution in [1.82, 2.24) is 5.32 Å². The van der Waals surface area contributed by atoms with Gasteiger partial charge in [0.25, 0.3) is 0 Å². The van der Waals surface area contributed by atoms with Crippen LogP contribution in [-0.4, -0.2) is 30.4 Å². The van der Waals surface area contributed by atoms with Gasteiger partial charge in [0.1, 0.15) is 11.9 Å². The van der Waals surface area contributed by atoms with Crippen molar-refractivity contribution < 1.29 is 9.84 Å². The Morgan fingerprint density at radius 1 is 1.20 bits per heavy atom. The summed E-state index contributed by atoms with van der Waals surface area (Å²) in [4.78, 5) is 0. The van der Waals surface area contributed by atoms with Crippen LogP contribution in [0, 0.1) is 12.8 Å². The Balaban J connectivity index is 1.40. The number of rotatable bonds is 4. The molecule has 0 saturated heterocycles. The number of fused-ring (bicyclic) bond motifs is 1. The molecule has 1 aromatic rings. The van der Waals surface area contributed by atoms with Crippen molar-refractivity contribution in [3.8, 4) is 5.75 Å². The normalized spacial score (nSPS) is 29.0. The number of aliphatic hydroxyl groups excluding tert-OH is 1. The van der Waals surface area contributed by atoms with Gasteiger partial charge in [-0.1, -0.05) is 17.7 Å². The number of aliphatic hydroxyl groups is 1. The molecular formula is C17H25NO2. The van der Waals surface area contributed by atoms with Crippen LogP contribution in [0.4, 0.5) is 0 Å². The van der Waals surface area contributed by atoms with Crippen LogP contribution in [-0.2, 0) is 6.42 Å². The minimum absolute atomic E-state index is 0.0536. The van der Waals surface area contributed by atoms with Gasteiger partial charge in [-0.15, -0.1) is 0 Å². The first kappa shape index (κ1) is 13.9. The molecule has 0 radical (unpaired) electrons. The summed E-state index contributed by atoms with van der Waals surface area (Å²) in [5.41, 5.74) is 2.65. The fourth-order valence-corrected chi connectivity index (χ4v) is 3.36. The zero-order valence-electron chi connectivity index (χ0n) is 12.3. The average molecular weight is 275 g/mol. The molecule has 1 unspecified atom stereocenters. The van der Waals surface area contributed by atoms with Gasteiger partial charge in [0.15, 0.2) is 0 Å². The quantitative estimate of drug-likeness (QED) is 0.887. The van der Waals surface area contributed by atoms with E-state index in [1.165, 1.54) is 11.1 Å². The predicted octanol–water partition coefficient (Wildman–Crippen LogP) is 2.44. The zero-order valence-corrected chi connectivity index (χ0v) is 12.3. The van der Waals surface area contributed by atoms with E-state index in [9.17, 15) is 5.11 Å². The van der Waals surface area contributed by atoms with Crippen molar-refractivity contribution in [3.05, 3.63) is 29.3 Å². The lowest BCUT2D eigenvalue weighted by molar-refractivity contribution is 0.107. The summed E-state index contributed by atoms with van der Waals surface area (Å²) in [6.45, 7) is 4.11. The summed E-state index contributed by atoms with van der Waals surface area (Å²) in [6, 6.07) is 6.44. The van der Waals surface area contributed by atoms with Crippen molar-refractivity contribution >= 4 is 0 Å². The molecular weight excluding hydrogens is 250 g/mol. The molecule has 0 bridgehead atoms. The minimum Gasteiger partial charge on any atom is -0.488 e. The maximum absolute atomic E-state index is 9.51. The second-order valence-electron chi connectivity index (χ2n) is 6.39. The molecule has 1 aromatic carbocycles. The first-order valence-corrected chi connectivity index (χ1v) is 7.85. The highest BCUT2D eigenvalue weighted by Crippen LogP contribution is 2.29. The van der Waals surface area contributed by atoms with E-state index in [1.807, 2.05) is 0 Å². The molecule has 110 valence electrons. The molecule has 1 fully saturated rings. The van der Waals surface area contributed by atoms with E-state index < -0.39 is 0 Å². The van der Waals surface area contributed by atoms with E-state index in [0.29, 0.717) is 0 Å². The van der Waals surface area contributed by atoms with E-state index in [0.717, 1.165) is 56.9 Å². The van der Waals surface area contributed by atoms with E-state index in [1.54, 1.807) is 0 Å². The molecule has 3 nitrogen and oxygen atoms in total. The van der Waals surface area contributed by atoms with Crippen LogP contribution in [0.25, 0.3) is 0 Å². The van der Waals surface area contributed by atoms with Crippen LogP contribution < -0.4 is 10.1 Å². The van der Waals surface area contributed by atoms with Gasteiger partial charge >= 0.3 is 0 Å². The topological polar surface area (TPSA) is 41.5 Å². The first-order chi connectivity index (χ1) is 9.70. The number of hydrogen-bond donors (Lipinski definition) is 2. The first-order valence-electron chi connectivity index (χ1n) is 7.85. The standard InChI is InChI=1S/C17H25NO2/c1-12-2-7-17-14(8-12)9-16(20-17)11-18-10-13-3-5-15(19)6-4-13/h2,7-8,13,15-16,18-19H,3-6,9-11H2,1H3. The third-order valence-electron chi connectivity index (χ3n) is 4.58. The highest BCUT2D eigenvalue weighted by atomic mass is 16.5. The van der Waals surface area contributed by atoms with Crippen LogP contribution in [0.5, 0.6) is 5.75 Å². The SMILES string of the molecule is Cc1ccc2c(c1)CC(CNCC1CCC(O)CC1)O2. The lowest BCUT2D eigenvalue weighted by Gasteiger charge is -2.26. The Morgan fingerprint density at radius 3 is 2.80 bits per heavy atom. The van der Waals surface area contributed by atoms with Crippen LogP contribution >= 0.6 is 0 Å². The Morgan fingerprint density at radius 2 is 2.00 bits per heavy atom. The Hall–Kier alpha value is -1.06. The lowest BCUT2D eigenvalue weighted by Crippen LogP contribution is -2.34. The molecule has 3 heteroatoms. The molecule has 1 aliphatic carbocycles. The van der Waals surface area contributed by atoms with E-state index >= 15 is 0 Å². The molecule has 2 aliphatic rings. The van der Waals surface area contributed by atoms with Gasteiger partial charge in [-0.05, 0) is 56.7 Å². The summed E-state index contributed by atoms with van der Waals surface area (Å²) >= 11 is 0. The summed E-state index contributed by atoms with van der Waals surface area (Å²) in [5.74, 6) is 1.78. The molecule has 20 heavy (non-hydrogen) atoms. The molecule has 1 atom stereocenters. The third kappa shape index (κ3) is 3.33. The number of benzene rings is 1. The number of hydrogen-bond acceptors (Lipinski definition) is 3. The largest absolute Gasteiger partial charge is 0.488 e. The summed E-state index contributed by atoms with van der Waals surface area (Å²) in [6.07, 6.45) is 5.49. The zero-order chi connectivity index (χ0) is 13.9. The molecule has 0 spiro atoms. The van der Waals surface area contributed by atoms with Gasteiger partial charge < -0.3 is 15.2 Å². The van der Waals surface area contributed by atoms with Crippen LogP contribution in [0.1, 0.15) is 36.8 Å². The van der Waals surface area contributed by atoms with Crippen LogP contribution in [0.3, 0.4) is 0 Å². The van der Waals surface area contributed by atoms with Gasteiger partial charge in [-0.3, -0.25) is 0 Å². The summed E-state index contributed by atoms with van der Waals surface area (Å²) in [5, 5.41) is 13.1. The number of nitrogens with one attached hydrogen (secondary N) is 1. The average Bonchev–Trinajstić information content (AvgIpc) is 2.83. The third-order valence-corrected chi connectivity index (χ3v) is 4.58. The Kier molecular flexibility index (Phi) is 4.27. The predicted molar refractivity (Wildman–Crippen MR) is 80.1 cm³/mol. The van der Waals surface area contributed by atoms with Gasteiger partial charge in [0, 0.05) is 13.0 Å². The molecule has 3 rings (SSSR count). The molecule has 0 amide bonds. The lowest BCUT2D eigenvalue weighted by atomic mass is 9.87. The van der Waals surface area contributed by atoms with Gasteiger partial charge in [0.05, 0.1) is 6.10 Å². The van der Waals surface area contributed by atoms with E-state index in [4.69, 9.17) is 4.74 Å². The molecule has 0 aromatic heterocycles. The highest BCUT2D eigenvalue weighted by molar-refractivity contribution is 5.40. The maximum Gasteiger partial charge on any atom is 0.123 e. The second kappa shape index (κ2) is 6.15. The fraction of sp³-hybridized carbons (Fsp3) is 0.647. The second-order valence-corrected chi connectivity index (χ2v) is 6.39. The van der Waals surface area contributed by atoms with Crippen LogP contribution in [0.2, 0.25) is 0 Å². The summed E-state index contributed by atoms with van der Waals surface area (Å²) in [7, 11) is 0. The van der Waals surface area contributed by atoms with E-state index in [-0.39, 0.29) is 12.2 Å². The molecule has 1 aliphatic heterocycles. The van der Waals surface area contributed by atoms with Crippen molar-refractivity contribution in [2.24, 2.45) is 5.92 Å². The molecule has 1 heterocycles. The van der Waals surface area contributed by atoms with Gasteiger partial charge in [0.2, 0.25) is 0 Å². The van der Waals surface area contributed by atoms with Crippen molar-refractivity contribution in [2.75, 3.05) is 13.1 Å². The van der Waals surface area contributed by atoms with E-state index in [2.05, 4.69) is 30.4 Å². The number of aryl methyl sites for hydroxylation is 1. The van der Waals surface area contributed by atoms with Gasteiger partial charge in [-0.2, -0.15) is 0 Å². The van der Waals surface area contributed by atoms with Crippen LogP contribution in [0.15, 0.2) is 18.2 Å². The van der Waals surface area contributed by atoms with Crippen molar-refractivity contribution in [2.45, 2.75) is 51.2 Å². The maximum atomic E-state index is 9.51. The number of ether oxygens (including phenoxy) is 1. The Bertz CT molecular complexity index is 452. The minimum atomic E-state index is -0.0536. The summed E-state index contributed by atoms with van der Waals surface area (Å²) < 4.78 is 5.97. The highest BCUT2D eigenvalue weighted by Gasteiger charge is 2.23. The Labute approximate surface area is 121 Å². The monoisotopic (exact) mass is 275 g/mol. The fourth-order valence-electron chi connectivity index (χ4n) is 3.36.